The standard InChI is InChI=1S/C17H15NO3/c1-12(17(19)20)14-8-6-13(7-9-14)11-21-16-5-3-2-4-15(16)10-18/h2-9,12H,11H2,1H3,(H,19,20). The number of hydrogen-bond donors (Lipinski definition) is 1. The molecule has 1 N–H and O–H groups in total. The number of aliphatic carboxylic acids is 1. The minimum Gasteiger partial charge on any atom is -0.488 e. The lowest BCUT2D eigenvalue weighted by molar-refractivity contribution is -0.138. The summed E-state index contributed by atoms with van der Waals surface area (Å²) in [5.74, 6) is -0.829. The third kappa shape index (κ3) is 3.61. The summed E-state index contributed by atoms with van der Waals surface area (Å²) in [5.41, 5.74) is 2.17. The van der Waals surface area contributed by atoms with Crippen LogP contribution in [0.15, 0.2) is 48.5 Å². The van der Waals surface area contributed by atoms with Crippen molar-refractivity contribution in [2.24, 2.45) is 0 Å². The lowest BCUT2D eigenvalue weighted by Crippen LogP contribution is -2.07. The quantitative estimate of drug-likeness (QED) is 0.912. The zero-order valence-electron chi connectivity index (χ0n) is 11.6. The zero-order valence-corrected chi connectivity index (χ0v) is 11.6. The first-order chi connectivity index (χ1) is 10.1. The van der Waals surface area contributed by atoms with Crippen LogP contribution in [0.4, 0.5) is 0 Å². The van der Waals surface area contributed by atoms with Crippen LogP contribution in [-0.4, -0.2) is 11.1 Å². The van der Waals surface area contributed by atoms with Crippen LogP contribution < -0.4 is 4.74 Å². The first-order valence-corrected chi connectivity index (χ1v) is 6.55. The molecule has 0 fully saturated rings. The molecule has 4 nitrogen and oxygen atoms in total. The summed E-state index contributed by atoms with van der Waals surface area (Å²) in [7, 11) is 0. The maximum Gasteiger partial charge on any atom is 0.310 e. The second-order valence-corrected chi connectivity index (χ2v) is 4.70. The van der Waals surface area contributed by atoms with Gasteiger partial charge in [-0.3, -0.25) is 4.79 Å². The van der Waals surface area contributed by atoms with E-state index < -0.39 is 11.9 Å². The third-order valence-corrected chi connectivity index (χ3v) is 3.25. The molecule has 0 saturated heterocycles. The minimum atomic E-state index is -0.845. The fraction of sp³-hybridized carbons (Fsp3) is 0.176. The van der Waals surface area contributed by atoms with Gasteiger partial charge < -0.3 is 9.84 Å². The summed E-state index contributed by atoms with van der Waals surface area (Å²) in [6, 6.07) is 16.4. The number of carbonyl (C=O) groups is 1. The lowest BCUT2D eigenvalue weighted by Gasteiger charge is -2.10. The van der Waals surface area contributed by atoms with Gasteiger partial charge in [0.15, 0.2) is 0 Å². The van der Waals surface area contributed by atoms with Gasteiger partial charge in [0, 0.05) is 0 Å². The largest absolute Gasteiger partial charge is 0.488 e. The highest BCUT2D eigenvalue weighted by molar-refractivity contribution is 5.75. The van der Waals surface area contributed by atoms with E-state index in [2.05, 4.69) is 6.07 Å². The van der Waals surface area contributed by atoms with Crippen LogP contribution in [0.2, 0.25) is 0 Å². The molecule has 4 heteroatoms. The molecule has 2 aromatic carbocycles. The van der Waals surface area contributed by atoms with Crippen molar-refractivity contribution in [2.75, 3.05) is 0 Å². The molecule has 0 heterocycles. The van der Waals surface area contributed by atoms with Crippen molar-refractivity contribution < 1.29 is 14.6 Å². The Labute approximate surface area is 123 Å². The number of ether oxygens (including phenoxy) is 1. The Morgan fingerprint density at radius 2 is 1.90 bits per heavy atom. The number of nitriles is 1. The highest BCUT2D eigenvalue weighted by Crippen LogP contribution is 2.20. The van der Waals surface area contributed by atoms with Gasteiger partial charge >= 0.3 is 5.97 Å². The lowest BCUT2D eigenvalue weighted by atomic mass is 10.0. The Bertz CT molecular complexity index is 671. The first-order valence-electron chi connectivity index (χ1n) is 6.55. The summed E-state index contributed by atoms with van der Waals surface area (Å²) in [6.45, 7) is 1.98. The molecule has 0 aliphatic carbocycles. The number of benzene rings is 2. The van der Waals surface area contributed by atoms with Crippen LogP contribution in [0.1, 0.15) is 29.5 Å². The summed E-state index contributed by atoms with van der Waals surface area (Å²) < 4.78 is 5.62. The van der Waals surface area contributed by atoms with Crippen molar-refractivity contribution in [3.8, 4) is 11.8 Å². The molecule has 0 saturated carbocycles. The molecule has 0 radical (unpaired) electrons. The van der Waals surface area contributed by atoms with Gasteiger partial charge in [0.1, 0.15) is 18.4 Å². The predicted octanol–water partition coefficient (Wildman–Crippen LogP) is 3.33. The highest BCUT2D eigenvalue weighted by Gasteiger charge is 2.13. The van der Waals surface area contributed by atoms with Crippen LogP contribution in [0.3, 0.4) is 0 Å². The van der Waals surface area contributed by atoms with Gasteiger partial charge in [-0.2, -0.15) is 5.26 Å². The second-order valence-electron chi connectivity index (χ2n) is 4.70. The summed E-state index contributed by atoms with van der Waals surface area (Å²) in [6.07, 6.45) is 0. The number of carboxylic acids is 1. The van der Waals surface area contributed by atoms with E-state index in [0.29, 0.717) is 17.9 Å². The predicted molar refractivity (Wildman–Crippen MR) is 78.0 cm³/mol. The normalized spacial score (nSPS) is 11.4. The van der Waals surface area contributed by atoms with Gasteiger partial charge in [0.05, 0.1) is 11.5 Å². The van der Waals surface area contributed by atoms with E-state index in [0.717, 1.165) is 11.1 Å². The van der Waals surface area contributed by atoms with Gasteiger partial charge in [0.25, 0.3) is 0 Å². The third-order valence-electron chi connectivity index (χ3n) is 3.25. The molecule has 106 valence electrons. The van der Waals surface area contributed by atoms with Crippen molar-refractivity contribution in [3.05, 3.63) is 65.2 Å². The van der Waals surface area contributed by atoms with Crippen LogP contribution in [0, 0.1) is 11.3 Å². The average molecular weight is 281 g/mol. The molecule has 0 aromatic heterocycles. The monoisotopic (exact) mass is 281 g/mol. The molecule has 1 atom stereocenters. The first kappa shape index (κ1) is 14.6. The molecule has 0 amide bonds. The van der Waals surface area contributed by atoms with E-state index in [1.54, 1.807) is 37.3 Å². The Morgan fingerprint density at radius 1 is 1.24 bits per heavy atom. The fourth-order valence-corrected chi connectivity index (χ4v) is 1.89. The van der Waals surface area contributed by atoms with Gasteiger partial charge in [-0.1, -0.05) is 36.4 Å². The van der Waals surface area contributed by atoms with E-state index in [1.165, 1.54) is 0 Å². The molecule has 0 bridgehead atoms. The zero-order chi connectivity index (χ0) is 15.2. The Morgan fingerprint density at radius 3 is 2.52 bits per heavy atom. The summed E-state index contributed by atoms with van der Waals surface area (Å²) >= 11 is 0. The molecule has 1 unspecified atom stereocenters. The SMILES string of the molecule is CC(C(=O)O)c1ccc(COc2ccccc2C#N)cc1. The van der Waals surface area contributed by atoms with E-state index >= 15 is 0 Å². The molecule has 0 aliphatic heterocycles. The molecule has 2 rings (SSSR count). The van der Waals surface area contributed by atoms with Crippen LogP contribution in [0.25, 0.3) is 0 Å². The smallest absolute Gasteiger partial charge is 0.310 e. The van der Waals surface area contributed by atoms with Crippen molar-refractivity contribution in [2.45, 2.75) is 19.4 Å². The Hall–Kier alpha value is -2.80. The summed E-state index contributed by atoms with van der Waals surface area (Å²) in [5, 5.41) is 17.9. The maximum absolute atomic E-state index is 10.9. The maximum atomic E-state index is 10.9. The molecule has 21 heavy (non-hydrogen) atoms. The molecule has 0 spiro atoms. The minimum absolute atomic E-state index is 0.334. The number of nitrogens with zero attached hydrogens (tertiary/aromatic N) is 1. The van der Waals surface area contributed by atoms with Crippen LogP contribution in [0.5, 0.6) is 5.75 Å². The van der Waals surface area contributed by atoms with Gasteiger partial charge in [0.2, 0.25) is 0 Å². The Kier molecular flexibility index (Phi) is 4.57. The number of hydrogen-bond acceptors (Lipinski definition) is 3. The van der Waals surface area contributed by atoms with Gasteiger partial charge in [-0.15, -0.1) is 0 Å². The van der Waals surface area contributed by atoms with E-state index in [1.807, 2.05) is 18.2 Å². The van der Waals surface area contributed by atoms with Crippen molar-refractivity contribution in [1.29, 1.82) is 5.26 Å². The molecular weight excluding hydrogens is 266 g/mol. The van der Waals surface area contributed by atoms with Gasteiger partial charge in [-0.25, -0.2) is 0 Å². The highest BCUT2D eigenvalue weighted by atomic mass is 16.5. The van der Waals surface area contributed by atoms with Crippen molar-refractivity contribution in [3.63, 3.8) is 0 Å². The number of para-hydroxylation sites is 1. The van der Waals surface area contributed by atoms with Crippen molar-refractivity contribution >= 4 is 5.97 Å². The average Bonchev–Trinajstić information content (AvgIpc) is 2.52. The topological polar surface area (TPSA) is 70.3 Å². The second kappa shape index (κ2) is 6.58. The van der Waals surface area contributed by atoms with Gasteiger partial charge in [-0.05, 0) is 30.2 Å². The Balaban J connectivity index is 2.04. The molecule has 2 aromatic rings. The fourth-order valence-electron chi connectivity index (χ4n) is 1.89. The summed E-state index contributed by atoms with van der Waals surface area (Å²) in [4.78, 5) is 10.9. The number of rotatable bonds is 5. The van der Waals surface area contributed by atoms with E-state index in [-0.39, 0.29) is 0 Å². The molecular formula is C17H15NO3. The van der Waals surface area contributed by atoms with Crippen LogP contribution in [-0.2, 0) is 11.4 Å². The van der Waals surface area contributed by atoms with Crippen molar-refractivity contribution in [1.82, 2.24) is 0 Å². The molecule has 0 aliphatic rings. The van der Waals surface area contributed by atoms with E-state index in [4.69, 9.17) is 15.1 Å². The number of carboxylic acid groups (broad SMARTS) is 1. The van der Waals surface area contributed by atoms with E-state index in [9.17, 15) is 4.79 Å². The van der Waals surface area contributed by atoms with Crippen LogP contribution >= 0.6 is 0 Å².